The average Bonchev–Trinajstić information content (AvgIpc) is 2.39. The molecule has 0 aliphatic rings. The SMILES string of the molecule is CCNc1cc(C)ccc1C(=O)NCCS(=O)(=O)CC. The number of carbonyl (C=O) groups is 1. The van der Waals surface area contributed by atoms with E-state index >= 15 is 0 Å². The van der Waals surface area contributed by atoms with E-state index in [0.29, 0.717) is 12.1 Å². The first-order valence-electron chi connectivity index (χ1n) is 6.72. The van der Waals surface area contributed by atoms with Gasteiger partial charge in [-0.25, -0.2) is 8.42 Å². The Morgan fingerprint density at radius 3 is 2.55 bits per heavy atom. The first-order valence-corrected chi connectivity index (χ1v) is 8.55. The molecule has 1 aromatic rings. The molecule has 1 aromatic carbocycles. The van der Waals surface area contributed by atoms with E-state index < -0.39 is 9.84 Å². The van der Waals surface area contributed by atoms with Crippen LogP contribution >= 0.6 is 0 Å². The van der Waals surface area contributed by atoms with E-state index in [2.05, 4.69) is 10.6 Å². The van der Waals surface area contributed by atoms with E-state index in [1.54, 1.807) is 13.0 Å². The van der Waals surface area contributed by atoms with E-state index in [9.17, 15) is 13.2 Å². The normalized spacial score (nSPS) is 11.2. The minimum Gasteiger partial charge on any atom is -0.385 e. The molecule has 1 rings (SSSR count). The fourth-order valence-electron chi connectivity index (χ4n) is 1.75. The van der Waals surface area contributed by atoms with Gasteiger partial charge in [0.25, 0.3) is 5.91 Å². The minimum atomic E-state index is -3.05. The summed E-state index contributed by atoms with van der Waals surface area (Å²) in [7, 11) is -3.05. The third-order valence-corrected chi connectivity index (χ3v) is 4.63. The summed E-state index contributed by atoms with van der Waals surface area (Å²) in [5.41, 5.74) is 2.36. The van der Waals surface area contributed by atoms with E-state index in [-0.39, 0.29) is 24.0 Å². The predicted octanol–water partition coefficient (Wildman–Crippen LogP) is 1.59. The van der Waals surface area contributed by atoms with Gasteiger partial charge in [0.2, 0.25) is 0 Å². The number of benzene rings is 1. The van der Waals surface area contributed by atoms with Crippen molar-refractivity contribution >= 4 is 21.4 Å². The topological polar surface area (TPSA) is 75.3 Å². The van der Waals surface area contributed by atoms with Gasteiger partial charge < -0.3 is 10.6 Å². The molecule has 2 N–H and O–H groups in total. The molecular formula is C14H22N2O3S. The second kappa shape index (κ2) is 7.28. The third-order valence-electron chi connectivity index (χ3n) is 2.93. The van der Waals surface area contributed by atoms with Gasteiger partial charge in [0.15, 0.2) is 9.84 Å². The summed E-state index contributed by atoms with van der Waals surface area (Å²) in [6.45, 7) is 6.36. The summed E-state index contributed by atoms with van der Waals surface area (Å²) in [4.78, 5) is 12.1. The Balaban J connectivity index is 2.72. The van der Waals surface area contributed by atoms with Gasteiger partial charge >= 0.3 is 0 Å². The van der Waals surface area contributed by atoms with Gasteiger partial charge in [0.05, 0.1) is 11.3 Å². The number of rotatable bonds is 7. The van der Waals surface area contributed by atoms with Crippen LogP contribution in [0.1, 0.15) is 29.8 Å². The zero-order valence-corrected chi connectivity index (χ0v) is 13.0. The van der Waals surface area contributed by atoms with Crippen molar-refractivity contribution in [3.05, 3.63) is 29.3 Å². The molecule has 0 aliphatic carbocycles. The highest BCUT2D eigenvalue weighted by atomic mass is 32.2. The van der Waals surface area contributed by atoms with Gasteiger partial charge in [0.1, 0.15) is 0 Å². The van der Waals surface area contributed by atoms with Crippen LogP contribution in [0.4, 0.5) is 5.69 Å². The maximum atomic E-state index is 12.1. The van der Waals surface area contributed by atoms with Crippen molar-refractivity contribution in [1.82, 2.24) is 5.32 Å². The highest BCUT2D eigenvalue weighted by Gasteiger charge is 2.12. The Bertz CT molecular complexity index is 568. The van der Waals surface area contributed by atoms with Crippen molar-refractivity contribution in [2.75, 3.05) is 29.9 Å². The highest BCUT2D eigenvalue weighted by molar-refractivity contribution is 7.91. The summed E-state index contributed by atoms with van der Waals surface area (Å²) in [5, 5.41) is 5.79. The van der Waals surface area contributed by atoms with E-state index in [4.69, 9.17) is 0 Å². The Morgan fingerprint density at radius 2 is 1.95 bits per heavy atom. The summed E-state index contributed by atoms with van der Waals surface area (Å²) >= 11 is 0. The molecular weight excluding hydrogens is 276 g/mol. The molecule has 112 valence electrons. The van der Waals surface area contributed by atoms with E-state index in [0.717, 1.165) is 11.3 Å². The molecule has 1 amide bonds. The number of carbonyl (C=O) groups excluding carboxylic acids is 1. The molecule has 0 heterocycles. The summed E-state index contributed by atoms with van der Waals surface area (Å²) in [5.74, 6) is -0.194. The van der Waals surface area contributed by atoms with Crippen LogP contribution in [0.15, 0.2) is 18.2 Å². The van der Waals surface area contributed by atoms with Gasteiger partial charge in [-0.2, -0.15) is 0 Å². The molecule has 0 bridgehead atoms. The molecule has 0 spiro atoms. The van der Waals surface area contributed by atoms with Crippen molar-refractivity contribution in [2.24, 2.45) is 0 Å². The Kier molecular flexibility index (Phi) is 6.01. The van der Waals surface area contributed by atoms with Gasteiger partial charge in [-0.3, -0.25) is 4.79 Å². The smallest absolute Gasteiger partial charge is 0.253 e. The maximum absolute atomic E-state index is 12.1. The van der Waals surface area contributed by atoms with Crippen LogP contribution in [0.5, 0.6) is 0 Å². The molecule has 0 aromatic heterocycles. The molecule has 5 nitrogen and oxygen atoms in total. The highest BCUT2D eigenvalue weighted by Crippen LogP contribution is 2.17. The summed E-state index contributed by atoms with van der Waals surface area (Å²) < 4.78 is 22.7. The molecule has 0 saturated carbocycles. The lowest BCUT2D eigenvalue weighted by Gasteiger charge is -2.12. The number of sulfone groups is 1. The lowest BCUT2D eigenvalue weighted by molar-refractivity contribution is 0.0957. The van der Waals surface area contributed by atoms with Gasteiger partial charge in [-0.15, -0.1) is 0 Å². The number of anilines is 1. The number of hydrogen-bond donors (Lipinski definition) is 2. The molecule has 20 heavy (non-hydrogen) atoms. The van der Waals surface area contributed by atoms with Crippen molar-refractivity contribution in [2.45, 2.75) is 20.8 Å². The van der Waals surface area contributed by atoms with E-state index in [1.807, 2.05) is 26.0 Å². The van der Waals surface area contributed by atoms with Crippen LogP contribution in [0.25, 0.3) is 0 Å². The number of nitrogens with one attached hydrogen (secondary N) is 2. The monoisotopic (exact) mass is 298 g/mol. The number of aryl methyl sites for hydroxylation is 1. The lowest BCUT2D eigenvalue weighted by Crippen LogP contribution is -2.30. The average molecular weight is 298 g/mol. The number of hydrogen-bond acceptors (Lipinski definition) is 4. The molecule has 0 radical (unpaired) electrons. The van der Waals surface area contributed by atoms with Crippen molar-refractivity contribution < 1.29 is 13.2 Å². The third kappa shape index (κ3) is 4.85. The standard InChI is InChI=1S/C14H22N2O3S/c1-4-15-13-10-11(3)6-7-12(13)14(17)16-8-9-20(18,19)5-2/h6-7,10,15H,4-5,8-9H2,1-3H3,(H,16,17). The molecule has 0 saturated heterocycles. The molecule has 0 aliphatic heterocycles. The Labute approximate surface area is 120 Å². The molecule has 0 atom stereocenters. The second-order valence-corrected chi connectivity index (χ2v) is 7.04. The first kappa shape index (κ1) is 16.5. The van der Waals surface area contributed by atoms with E-state index in [1.165, 1.54) is 0 Å². The fourth-order valence-corrected chi connectivity index (χ4v) is 2.45. The molecule has 0 unspecified atom stereocenters. The molecule has 6 heteroatoms. The Hall–Kier alpha value is -1.56. The van der Waals surface area contributed by atoms with Gasteiger partial charge in [-0.1, -0.05) is 13.0 Å². The van der Waals surface area contributed by atoms with Gasteiger partial charge in [-0.05, 0) is 31.5 Å². The van der Waals surface area contributed by atoms with Gasteiger partial charge in [0, 0.05) is 24.5 Å². The maximum Gasteiger partial charge on any atom is 0.253 e. The Morgan fingerprint density at radius 1 is 1.25 bits per heavy atom. The van der Waals surface area contributed by atoms with Crippen molar-refractivity contribution in [3.8, 4) is 0 Å². The first-order chi connectivity index (χ1) is 9.39. The fraction of sp³-hybridized carbons (Fsp3) is 0.500. The van der Waals surface area contributed by atoms with Crippen LogP contribution < -0.4 is 10.6 Å². The lowest BCUT2D eigenvalue weighted by atomic mass is 10.1. The zero-order chi connectivity index (χ0) is 15.2. The second-order valence-electron chi connectivity index (χ2n) is 4.57. The number of amides is 1. The zero-order valence-electron chi connectivity index (χ0n) is 12.2. The quantitative estimate of drug-likeness (QED) is 0.801. The van der Waals surface area contributed by atoms with Crippen LogP contribution in [-0.2, 0) is 9.84 Å². The minimum absolute atomic E-state index is 0.0301. The predicted molar refractivity (Wildman–Crippen MR) is 82.0 cm³/mol. The summed E-state index contributed by atoms with van der Waals surface area (Å²) in [6.07, 6.45) is 0. The summed E-state index contributed by atoms with van der Waals surface area (Å²) in [6, 6.07) is 5.51. The van der Waals surface area contributed by atoms with Crippen molar-refractivity contribution in [3.63, 3.8) is 0 Å². The van der Waals surface area contributed by atoms with Crippen molar-refractivity contribution in [1.29, 1.82) is 0 Å². The van der Waals surface area contributed by atoms with Crippen LogP contribution in [0, 0.1) is 6.92 Å². The van der Waals surface area contributed by atoms with Crippen LogP contribution in [-0.4, -0.2) is 38.9 Å². The van der Waals surface area contributed by atoms with Crippen LogP contribution in [0.3, 0.4) is 0 Å². The molecule has 0 fully saturated rings. The largest absolute Gasteiger partial charge is 0.385 e. The van der Waals surface area contributed by atoms with Crippen LogP contribution in [0.2, 0.25) is 0 Å².